The first-order valence-electron chi connectivity index (χ1n) is 5.74. The number of hydrogen-bond acceptors (Lipinski definition) is 1. The fourth-order valence-corrected chi connectivity index (χ4v) is 1.69. The molecular weight excluding hydrogens is 174 g/mol. The lowest BCUT2D eigenvalue weighted by atomic mass is 10.0. The molecule has 2 heteroatoms. The summed E-state index contributed by atoms with van der Waals surface area (Å²) in [4.78, 5) is 11.4. The van der Waals surface area contributed by atoms with E-state index in [1.165, 1.54) is 13.0 Å². The minimum Gasteiger partial charge on any atom is -0.328 e. The molecule has 0 aliphatic rings. The van der Waals surface area contributed by atoms with Crippen LogP contribution < -0.4 is 0 Å². The van der Waals surface area contributed by atoms with E-state index in [0.29, 0.717) is 5.78 Å². The van der Waals surface area contributed by atoms with E-state index < -0.39 is 0 Å². The van der Waals surface area contributed by atoms with E-state index in [0.717, 1.165) is 23.9 Å². The molecule has 0 aliphatic heterocycles. The highest BCUT2D eigenvalue weighted by Gasteiger charge is 2.14. The Kier molecular flexibility index (Phi) is 6.01. The molecule has 84 valence electrons. The summed E-state index contributed by atoms with van der Waals surface area (Å²) >= 11 is 0. The maximum atomic E-state index is 11.4. The number of carbonyl (C=O) groups is 1. The maximum absolute atomic E-state index is 11.4. The van der Waals surface area contributed by atoms with Crippen molar-refractivity contribution in [2.45, 2.75) is 40.0 Å². The van der Waals surface area contributed by atoms with Gasteiger partial charge in [-0.3, -0.25) is 4.79 Å². The van der Waals surface area contributed by atoms with Crippen LogP contribution in [0, 0.1) is 5.92 Å². The minimum atomic E-state index is 0.205. The SMILES string of the molecule is CCC[N+](C)(C)CCCC(=O)C(C)C. The summed E-state index contributed by atoms with van der Waals surface area (Å²) in [5, 5.41) is 0. The Morgan fingerprint density at radius 3 is 2.21 bits per heavy atom. The molecule has 0 aromatic rings. The van der Waals surface area contributed by atoms with Crippen molar-refractivity contribution >= 4 is 5.78 Å². The maximum Gasteiger partial charge on any atom is 0.135 e. The average molecular weight is 200 g/mol. The average Bonchev–Trinajstić information content (AvgIpc) is 2.03. The molecule has 2 nitrogen and oxygen atoms in total. The standard InChI is InChI=1S/C12H26NO/c1-6-9-13(4,5)10-7-8-12(14)11(2)3/h11H,6-10H2,1-5H3/q+1. The zero-order chi connectivity index (χ0) is 11.2. The number of carbonyl (C=O) groups excluding carboxylic acids is 1. The minimum absolute atomic E-state index is 0.205. The second-order valence-electron chi connectivity index (χ2n) is 5.11. The highest BCUT2D eigenvalue weighted by molar-refractivity contribution is 5.80. The molecule has 0 aliphatic carbocycles. The van der Waals surface area contributed by atoms with Crippen LogP contribution in [0.4, 0.5) is 0 Å². The van der Waals surface area contributed by atoms with Crippen molar-refractivity contribution in [3.8, 4) is 0 Å². The Bertz CT molecular complexity index is 173. The van der Waals surface area contributed by atoms with Crippen molar-refractivity contribution in [2.75, 3.05) is 27.2 Å². The zero-order valence-electron chi connectivity index (χ0n) is 10.5. The molecule has 0 saturated carbocycles. The van der Waals surface area contributed by atoms with Gasteiger partial charge in [0, 0.05) is 18.8 Å². The van der Waals surface area contributed by atoms with Crippen molar-refractivity contribution in [2.24, 2.45) is 5.92 Å². The molecule has 0 aromatic heterocycles. The third-order valence-corrected chi connectivity index (χ3v) is 2.66. The van der Waals surface area contributed by atoms with Crippen LogP contribution in [0.2, 0.25) is 0 Å². The van der Waals surface area contributed by atoms with Crippen LogP contribution in [0.15, 0.2) is 0 Å². The van der Waals surface area contributed by atoms with Crippen LogP contribution >= 0.6 is 0 Å². The number of nitrogens with zero attached hydrogens (tertiary/aromatic N) is 1. The van der Waals surface area contributed by atoms with Crippen molar-refractivity contribution in [3.63, 3.8) is 0 Å². The number of rotatable bonds is 7. The lowest BCUT2D eigenvalue weighted by Crippen LogP contribution is -2.41. The predicted molar refractivity (Wildman–Crippen MR) is 61.2 cm³/mol. The van der Waals surface area contributed by atoms with Crippen molar-refractivity contribution in [1.82, 2.24) is 0 Å². The summed E-state index contributed by atoms with van der Waals surface area (Å²) in [5.41, 5.74) is 0. The molecule has 0 aromatic carbocycles. The Morgan fingerprint density at radius 1 is 1.21 bits per heavy atom. The quantitative estimate of drug-likeness (QED) is 0.577. The molecule has 0 saturated heterocycles. The molecular formula is C12H26NO+. The molecule has 0 fully saturated rings. The van der Waals surface area contributed by atoms with Gasteiger partial charge < -0.3 is 4.48 Å². The summed E-state index contributed by atoms with van der Waals surface area (Å²) in [7, 11) is 4.48. The van der Waals surface area contributed by atoms with Gasteiger partial charge >= 0.3 is 0 Å². The van der Waals surface area contributed by atoms with E-state index >= 15 is 0 Å². The Hall–Kier alpha value is -0.370. The van der Waals surface area contributed by atoms with Gasteiger partial charge in [-0.2, -0.15) is 0 Å². The van der Waals surface area contributed by atoms with Crippen LogP contribution in [-0.2, 0) is 4.79 Å². The van der Waals surface area contributed by atoms with E-state index in [-0.39, 0.29) is 5.92 Å². The molecule has 0 bridgehead atoms. The van der Waals surface area contributed by atoms with Crippen molar-refractivity contribution in [3.05, 3.63) is 0 Å². The second-order valence-corrected chi connectivity index (χ2v) is 5.11. The van der Waals surface area contributed by atoms with Crippen LogP contribution in [-0.4, -0.2) is 37.5 Å². The van der Waals surface area contributed by atoms with Gasteiger partial charge in [0.2, 0.25) is 0 Å². The Labute approximate surface area is 88.9 Å². The first kappa shape index (κ1) is 13.6. The second kappa shape index (κ2) is 6.18. The molecule has 0 heterocycles. The summed E-state index contributed by atoms with van der Waals surface area (Å²) in [6, 6.07) is 0. The molecule has 14 heavy (non-hydrogen) atoms. The smallest absolute Gasteiger partial charge is 0.135 e. The molecule has 0 radical (unpaired) electrons. The van der Waals surface area contributed by atoms with Gasteiger partial charge in [-0.05, 0) is 6.42 Å². The van der Waals surface area contributed by atoms with Gasteiger partial charge in [-0.15, -0.1) is 0 Å². The van der Waals surface area contributed by atoms with E-state index in [1.54, 1.807) is 0 Å². The van der Waals surface area contributed by atoms with E-state index in [1.807, 2.05) is 13.8 Å². The first-order chi connectivity index (χ1) is 6.39. The van der Waals surface area contributed by atoms with Gasteiger partial charge in [0.25, 0.3) is 0 Å². The fraction of sp³-hybridized carbons (Fsp3) is 0.917. The summed E-state index contributed by atoms with van der Waals surface area (Å²) in [6.07, 6.45) is 3.00. The van der Waals surface area contributed by atoms with Crippen molar-refractivity contribution < 1.29 is 9.28 Å². The molecule has 0 rings (SSSR count). The number of Topliss-reactive ketones (excluding diaryl/α,β-unsaturated/α-hetero) is 1. The highest BCUT2D eigenvalue weighted by atomic mass is 16.1. The molecule has 0 N–H and O–H groups in total. The van der Waals surface area contributed by atoms with Gasteiger partial charge in [-0.1, -0.05) is 20.8 Å². The van der Waals surface area contributed by atoms with E-state index in [4.69, 9.17) is 0 Å². The van der Waals surface area contributed by atoms with Crippen molar-refractivity contribution in [1.29, 1.82) is 0 Å². The molecule has 0 atom stereocenters. The zero-order valence-corrected chi connectivity index (χ0v) is 10.5. The lowest BCUT2D eigenvalue weighted by Gasteiger charge is -2.29. The Balaban J connectivity index is 3.68. The summed E-state index contributed by atoms with van der Waals surface area (Å²) in [6.45, 7) is 8.49. The number of ketones is 1. The van der Waals surface area contributed by atoms with E-state index in [2.05, 4.69) is 21.0 Å². The molecule has 0 amide bonds. The highest BCUT2D eigenvalue weighted by Crippen LogP contribution is 2.06. The predicted octanol–water partition coefficient (Wildman–Crippen LogP) is 2.48. The monoisotopic (exact) mass is 200 g/mol. The third kappa shape index (κ3) is 6.14. The number of hydrogen-bond donors (Lipinski definition) is 0. The summed E-state index contributed by atoms with van der Waals surface area (Å²) in [5.74, 6) is 0.610. The van der Waals surface area contributed by atoms with Gasteiger partial charge in [-0.25, -0.2) is 0 Å². The van der Waals surface area contributed by atoms with Gasteiger partial charge in [0.15, 0.2) is 0 Å². The molecule has 0 spiro atoms. The summed E-state index contributed by atoms with van der Waals surface area (Å²) < 4.78 is 1.04. The first-order valence-corrected chi connectivity index (χ1v) is 5.74. The Morgan fingerprint density at radius 2 is 1.79 bits per heavy atom. The van der Waals surface area contributed by atoms with Crippen LogP contribution in [0.3, 0.4) is 0 Å². The molecule has 0 unspecified atom stereocenters. The largest absolute Gasteiger partial charge is 0.328 e. The topological polar surface area (TPSA) is 17.1 Å². The third-order valence-electron chi connectivity index (χ3n) is 2.66. The van der Waals surface area contributed by atoms with Gasteiger partial charge in [0.05, 0.1) is 27.2 Å². The number of quaternary nitrogens is 1. The van der Waals surface area contributed by atoms with Crippen LogP contribution in [0.5, 0.6) is 0 Å². The normalized spacial score (nSPS) is 12.1. The van der Waals surface area contributed by atoms with Gasteiger partial charge in [0.1, 0.15) is 5.78 Å². The lowest BCUT2D eigenvalue weighted by molar-refractivity contribution is -0.890. The fourth-order valence-electron chi connectivity index (χ4n) is 1.69. The van der Waals surface area contributed by atoms with Crippen LogP contribution in [0.25, 0.3) is 0 Å². The van der Waals surface area contributed by atoms with E-state index in [9.17, 15) is 4.79 Å². The van der Waals surface area contributed by atoms with Crippen LogP contribution in [0.1, 0.15) is 40.0 Å².